The fourth-order valence-corrected chi connectivity index (χ4v) is 5.58. The first-order chi connectivity index (χ1) is 15.0. The van der Waals surface area contributed by atoms with E-state index in [1.165, 1.54) is 35.6 Å². The second-order valence-electron chi connectivity index (χ2n) is 6.84. The van der Waals surface area contributed by atoms with Crippen molar-refractivity contribution in [3.63, 3.8) is 0 Å². The lowest BCUT2D eigenvalue weighted by atomic mass is 9.92. The smallest absolute Gasteiger partial charge is 0.138 e. The quantitative estimate of drug-likeness (QED) is 0.301. The zero-order valence-electron chi connectivity index (χ0n) is 15.4. The predicted octanol–water partition coefficient (Wildman–Crippen LogP) is 5.69. The Morgan fingerprint density at radius 1 is 0.613 bits per heavy atom. The van der Waals surface area contributed by atoms with Crippen LogP contribution in [-0.4, -0.2) is 0 Å². The fraction of sp³-hybridized carbons (Fsp3) is 0. The number of hydrogen-bond donors (Lipinski definition) is 0. The number of halogens is 2. The van der Waals surface area contributed by atoms with Gasteiger partial charge in [0, 0.05) is 43.2 Å². The topological polar surface area (TPSA) is 95.2 Å². The van der Waals surface area contributed by atoms with Gasteiger partial charge < -0.3 is 0 Å². The van der Waals surface area contributed by atoms with Gasteiger partial charge in [0.15, 0.2) is 0 Å². The third-order valence-corrected chi connectivity index (χ3v) is 6.60. The van der Waals surface area contributed by atoms with Crippen molar-refractivity contribution in [2.24, 2.45) is 0 Å². The molecule has 0 saturated carbocycles. The Bertz CT molecular complexity index is 1440. The Kier molecular flexibility index (Phi) is 3.86. The molecule has 0 radical (unpaired) electrons. The molecule has 0 amide bonds. The molecular weight excluding hydrogens is 414 g/mol. The van der Waals surface area contributed by atoms with Gasteiger partial charge in [-0.25, -0.2) is 8.78 Å². The molecule has 3 aromatic rings. The molecule has 0 fully saturated rings. The van der Waals surface area contributed by atoms with E-state index in [0.717, 1.165) is 0 Å². The molecule has 2 aliphatic carbocycles. The zero-order chi connectivity index (χ0) is 21.9. The van der Waals surface area contributed by atoms with Crippen LogP contribution in [-0.2, 0) is 0 Å². The highest BCUT2D eigenvalue weighted by molar-refractivity contribution is 7.20. The minimum Gasteiger partial charge on any atom is -0.207 e. The lowest BCUT2D eigenvalue weighted by Crippen LogP contribution is -1.94. The number of rotatable bonds is 0. The highest BCUT2D eigenvalue weighted by atomic mass is 32.1. The summed E-state index contributed by atoms with van der Waals surface area (Å²) in [5.74, 6) is -1.04. The SMILES string of the molecule is N#CC(C#N)=C1c2cc(F)ccc2-c2sc3c(c21)C(=C(C#N)C#N)c1cc(F)ccc1-3. The van der Waals surface area contributed by atoms with Crippen molar-refractivity contribution >= 4 is 22.5 Å². The summed E-state index contributed by atoms with van der Waals surface area (Å²) in [6, 6.07) is 15.8. The monoisotopic (exact) mass is 420 g/mol. The maximum absolute atomic E-state index is 14.1. The van der Waals surface area contributed by atoms with E-state index in [2.05, 4.69) is 0 Å². The lowest BCUT2D eigenvalue weighted by Gasteiger charge is -2.07. The first kappa shape index (κ1) is 18.5. The van der Waals surface area contributed by atoms with E-state index in [9.17, 15) is 29.8 Å². The Hall–Kier alpha value is -4.56. The van der Waals surface area contributed by atoms with Crippen LogP contribution in [0.1, 0.15) is 22.3 Å². The minimum absolute atomic E-state index is 0.205. The Labute approximate surface area is 179 Å². The van der Waals surface area contributed by atoms with Crippen LogP contribution >= 0.6 is 11.3 Å². The summed E-state index contributed by atoms with van der Waals surface area (Å²) in [6.07, 6.45) is 0. The third-order valence-electron chi connectivity index (χ3n) is 5.35. The van der Waals surface area contributed by atoms with Gasteiger partial charge in [0.1, 0.15) is 47.1 Å². The van der Waals surface area contributed by atoms with Crippen LogP contribution in [0.4, 0.5) is 8.78 Å². The lowest BCUT2D eigenvalue weighted by molar-refractivity contribution is 0.627. The van der Waals surface area contributed by atoms with Gasteiger partial charge >= 0.3 is 0 Å². The number of nitrogens with zero attached hydrogens (tertiary/aromatic N) is 4. The van der Waals surface area contributed by atoms with E-state index in [4.69, 9.17) is 0 Å². The van der Waals surface area contributed by atoms with Crippen LogP contribution in [0.2, 0.25) is 0 Å². The van der Waals surface area contributed by atoms with Gasteiger partial charge in [-0.2, -0.15) is 21.0 Å². The van der Waals surface area contributed by atoms with Crippen molar-refractivity contribution in [3.8, 4) is 45.2 Å². The fourth-order valence-electron chi connectivity index (χ4n) is 4.19. The standard InChI is InChI=1S/C24H6F2N4S/c25-13-1-3-15-17(5-13)19(11(7-27)8-28)21-22-20(12(9-29)10-30)18-6-14(26)2-4-16(18)24(22)31-23(15)21/h1-6H. The van der Waals surface area contributed by atoms with E-state index in [1.54, 1.807) is 12.1 Å². The van der Waals surface area contributed by atoms with E-state index in [1.807, 2.05) is 24.3 Å². The summed E-state index contributed by atoms with van der Waals surface area (Å²) < 4.78 is 28.1. The second kappa shape index (κ2) is 6.48. The van der Waals surface area contributed by atoms with Gasteiger partial charge in [-0.15, -0.1) is 11.3 Å². The predicted molar refractivity (Wildman–Crippen MR) is 110 cm³/mol. The molecule has 0 N–H and O–H groups in total. The van der Waals surface area contributed by atoms with E-state index in [-0.39, 0.29) is 22.3 Å². The first-order valence-electron chi connectivity index (χ1n) is 8.91. The molecule has 0 atom stereocenters. The number of thiophene rings is 1. The highest BCUT2D eigenvalue weighted by Crippen LogP contribution is 2.60. The molecule has 0 aliphatic heterocycles. The summed E-state index contributed by atoms with van der Waals surface area (Å²) >= 11 is 1.34. The van der Waals surface area contributed by atoms with E-state index < -0.39 is 11.6 Å². The highest BCUT2D eigenvalue weighted by Gasteiger charge is 2.40. The molecule has 0 bridgehead atoms. The van der Waals surface area contributed by atoms with Crippen molar-refractivity contribution in [1.29, 1.82) is 21.0 Å². The van der Waals surface area contributed by atoms with Gasteiger partial charge in [-0.05, 0) is 35.4 Å². The van der Waals surface area contributed by atoms with Gasteiger partial charge in [0.05, 0.1) is 0 Å². The first-order valence-corrected chi connectivity index (χ1v) is 9.72. The zero-order valence-corrected chi connectivity index (χ0v) is 16.2. The van der Waals surface area contributed by atoms with Crippen molar-refractivity contribution < 1.29 is 8.78 Å². The number of allylic oxidation sites excluding steroid dienone is 2. The molecule has 1 aromatic heterocycles. The Morgan fingerprint density at radius 2 is 1.00 bits per heavy atom. The number of fused-ring (bicyclic) bond motifs is 7. The molecule has 2 aromatic carbocycles. The van der Waals surface area contributed by atoms with E-state index >= 15 is 0 Å². The number of hydrogen-bond acceptors (Lipinski definition) is 5. The molecule has 5 rings (SSSR count). The van der Waals surface area contributed by atoms with Gasteiger partial charge in [0.2, 0.25) is 0 Å². The molecule has 1 heterocycles. The second-order valence-corrected chi connectivity index (χ2v) is 7.86. The van der Waals surface area contributed by atoms with Crippen molar-refractivity contribution in [2.75, 3.05) is 0 Å². The van der Waals surface area contributed by atoms with Crippen molar-refractivity contribution in [3.05, 3.63) is 81.4 Å². The van der Waals surface area contributed by atoms with Crippen LogP contribution in [0.5, 0.6) is 0 Å². The molecule has 0 spiro atoms. The molecular formula is C24H6F2N4S. The van der Waals surface area contributed by atoms with Crippen molar-refractivity contribution in [1.82, 2.24) is 0 Å². The molecule has 0 unspecified atom stereocenters. The third kappa shape index (κ3) is 2.33. The minimum atomic E-state index is -0.519. The normalized spacial score (nSPS) is 11.9. The molecule has 142 valence electrons. The van der Waals surface area contributed by atoms with Crippen molar-refractivity contribution in [2.45, 2.75) is 0 Å². The van der Waals surface area contributed by atoms with Crippen LogP contribution in [0.25, 0.3) is 32.0 Å². The summed E-state index contributed by atoms with van der Waals surface area (Å²) in [7, 11) is 0. The van der Waals surface area contributed by atoms with Crippen LogP contribution in [0.3, 0.4) is 0 Å². The van der Waals surface area contributed by atoms with Crippen LogP contribution in [0.15, 0.2) is 47.5 Å². The average molecular weight is 420 g/mol. The average Bonchev–Trinajstić information content (AvgIpc) is 3.37. The maximum Gasteiger partial charge on any atom is 0.138 e. The maximum atomic E-state index is 14.1. The van der Waals surface area contributed by atoms with Crippen LogP contribution in [0, 0.1) is 57.0 Å². The summed E-state index contributed by atoms with van der Waals surface area (Å²) in [5, 5.41) is 38.3. The Balaban J connectivity index is 1.99. The van der Waals surface area contributed by atoms with E-state index in [0.29, 0.717) is 43.1 Å². The largest absolute Gasteiger partial charge is 0.207 e. The number of nitriles is 4. The summed E-state index contributed by atoms with van der Waals surface area (Å²) in [6.45, 7) is 0. The molecule has 0 saturated heterocycles. The summed E-state index contributed by atoms with van der Waals surface area (Å²) in [5.41, 5.74) is 3.21. The molecule has 7 heteroatoms. The van der Waals surface area contributed by atoms with Gasteiger partial charge in [-0.3, -0.25) is 0 Å². The molecule has 2 aliphatic rings. The van der Waals surface area contributed by atoms with Gasteiger partial charge in [-0.1, -0.05) is 12.1 Å². The summed E-state index contributed by atoms with van der Waals surface area (Å²) in [4.78, 5) is 1.42. The molecule has 31 heavy (non-hydrogen) atoms. The molecule has 4 nitrogen and oxygen atoms in total. The van der Waals surface area contributed by atoms with Gasteiger partial charge in [0.25, 0.3) is 0 Å². The number of benzene rings is 2. The Morgan fingerprint density at radius 3 is 1.35 bits per heavy atom. The van der Waals surface area contributed by atoms with Crippen LogP contribution < -0.4 is 0 Å².